The lowest BCUT2D eigenvalue weighted by Gasteiger charge is -2.36. The smallest absolute Gasteiger partial charge is 0.240 e. The van der Waals surface area contributed by atoms with E-state index in [0.29, 0.717) is 12.8 Å². The highest BCUT2D eigenvalue weighted by atomic mass is 16.2. The van der Waals surface area contributed by atoms with Gasteiger partial charge in [-0.15, -0.1) is 0 Å². The van der Waals surface area contributed by atoms with E-state index < -0.39 is 5.41 Å². The molecule has 0 aromatic carbocycles. The SMILES string of the molecule is CC(C)(C)CC(C)(C)NC(=O)C1(C#N)CCCCCC1. The van der Waals surface area contributed by atoms with Crippen molar-refractivity contribution in [2.45, 2.75) is 85.1 Å². The summed E-state index contributed by atoms with van der Waals surface area (Å²) in [6.45, 7) is 10.6. The summed E-state index contributed by atoms with van der Waals surface area (Å²) in [6.07, 6.45) is 6.57. The normalized spacial score (nSPS) is 19.8. The average molecular weight is 278 g/mol. The van der Waals surface area contributed by atoms with Crippen LogP contribution in [-0.4, -0.2) is 11.4 Å². The molecule has 0 radical (unpaired) electrons. The van der Waals surface area contributed by atoms with Crippen LogP contribution in [0.25, 0.3) is 0 Å². The van der Waals surface area contributed by atoms with Crippen molar-refractivity contribution in [3.05, 3.63) is 0 Å². The lowest BCUT2D eigenvalue weighted by molar-refractivity contribution is -0.130. The second-order valence-electron chi connectivity index (χ2n) is 8.18. The van der Waals surface area contributed by atoms with Crippen LogP contribution >= 0.6 is 0 Å². The summed E-state index contributed by atoms with van der Waals surface area (Å²) in [5.41, 5.74) is -0.919. The molecule has 0 bridgehead atoms. The van der Waals surface area contributed by atoms with Crippen LogP contribution in [0.4, 0.5) is 0 Å². The highest BCUT2D eigenvalue weighted by Gasteiger charge is 2.41. The van der Waals surface area contributed by atoms with Gasteiger partial charge in [-0.05, 0) is 38.5 Å². The first-order chi connectivity index (χ1) is 9.10. The van der Waals surface area contributed by atoms with Crippen molar-refractivity contribution in [3.63, 3.8) is 0 Å². The fraction of sp³-hybridized carbons (Fsp3) is 0.882. The first-order valence-corrected chi connectivity index (χ1v) is 7.84. The Hall–Kier alpha value is -1.04. The number of carbonyl (C=O) groups excluding carboxylic acids is 1. The standard InChI is InChI=1S/C17H30N2O/c1-15(2,3)12-16(4,5)19-14(20)17(13-18)10-8-6-7-9-11-17/h6-12H2,1-5H3,(H,19,20). The van der Waals surface area contributed by atoms with Crippen molar-refractivity contribution in [2.75, 3.05) is 0 Å². The first-order valence-electron chi connectivity index (χ1n) is 7.84. The number of hydrogen-bond donors (Lipinski definition) is 1. The van der Waals surface area contributed by atoms with E-state index in [4.69, 9.17) is 0 Å². The Kier molecular flexibility index (Phi) is 5.24. The molecular formula is C17H30N2O. The molecule has 1 aliphatic rings. The monoisotopic (exact) mass is 278 g/mol. The number of nitrogens with one attached hydrogen (secondary N) is 1. The number of rotatable bonds is 3. The van der Waals surface area contributed by atoms with Gasteiger partial charge in [0.25, 0.3) is 0 Å². The molecule has 0 heterocycles. The third-order valence-corrected chi connectivity index (χ3v) is 4.03. The van der Waals surface area contributed by atoms with Gasteiger partial charge in [0.2, 0.25) is 5.91 Å². The summed E-state index contributed by atoms with van der Waals surface area (Å²) >= 11 is 0. The number of amides is 1. The Balaban J connectivity index is 2.79. The molecule has 114 valence electrons. The van der Waals surface area contributed by atoms with Crippen molar-refractivity contribution in [3.8, 4) is 6.07 Å². The van der Waals surface area contributed by atoms with Crippen LogP contribution < -0.4 is 5.32 Å². The molecule has 0 atom stereocenters. The summed E-state index contributed by atoms with van der Waals surface area (Å²) in [4.78, 5) is 12.7. The fourth-order valence-corrected chi connectivity index (χ4v) is 3.52. The Labute approximate surface area is 124 Å². The molecule has 0 aromatic rings. The summed E-state index contributed by atoms with van der Waals surface area (Å²) in [5, 5.41) is 12.7. The second-order valence-corrected chi connectivity index (χ2v) is 8.18. The molecule has 1 N–H and O–H groups in total. The quantitative estimate of drug-likeness (QED) is 0.787. The summed E-state index contributed by atoms with van der Waals surface area (Å²) in [5.74, 6) is -0.0591. The maximum absolute atomic E-state index is 12.7. The van der Waals surface area contributed by atoms with Crippen LogP contribution in [0.15, 0.2) is 0 Å². The third kappa shape index (κ3) is 4.81. The highest BCUT2D eigenvalue weighted by molar-refractivity contribution is 5.86. The lowest BCUT2D eigenvalue weighted by Crippen LogP contribution is -2.51. The van der Waals surface area contributed by atoms with Crippen LogP contribution in [0.5, 0.6) is 0 Å². The predicted octanol–water partition coefficient (Wildman–Crippen LogP) is 4.18. The van der Waals surface area contributed by atoms with E-state index in [1.807, 2.05) is 0 Å². The van der Waals surface area contributed by atoms with Crippen molar-refractivity contribution in [1.82, 2.24) is 5.32 Å². The number of hydrogen-bond acceptors (Lipinski definition) is 2. The van der Waals surface area contributed by atoms with Gasteiger partial charge in [0.1, 0.15) is 5.41 Å². The molecule has 0 spiro atoms. The molecule has 3 heteroatoms. The summed E-state index contributed by atoms with van der Waals surface area (Å²) < 4.78 is 0. The third-order valence-electron chi connectivity index (χ3n) is 4.03. The van der Waals surface area contributed by atoms with Crippen LogP contribution in [0.2, 0.25) is 0 Å². The number of carbonyl (C=O) groups is 1. The zero-order chi connectivity index (χ0) is 15.4. The van der Waals surface area contributed by atoms with Crippen LogP contribution in [0.1, 0.15) is 79.6 Å². The van der Waals surface area contributed by atoms with E-state index in [0.717, 1.165) is 32.1 Å². The number of nitrogens with zero attached hydrogens (tertiary/aromatic N) is 1. The molecular weight excluding hydrogens is 248 g/mol. The van der Waals surface area contributed by atoms with Crippen molar-refractivity contribution in [1.29, 1.82) is 5.26 Å². The van der Waals surface area contributed by atoms with Gasteiger partial charge >= 0.3 is 0 Å². The van der Waals surface area contributed by atoms with Crippen LogP contribution in [-0.2, 0) is 4.79 Å². The minimum atomic E-state index is -0.800. The number of nitriles is 1. The maximum atomic E-state index is 12.7. The molecule has 1 rings (SSSR count). The molecule has 0 aromatic heterocycles. The molecule has 3 nitrogen and oxygen atoms in total. The van der Waals surface area contributed by atoms with Crippen LogP contribution in [0, 0.1) is 22.2 Å². The van der Waals surface area contributed by atoms with E-state index in [1.54, 1.807) is 0 Å². The Morgan fingerprint density at radius 3 is 2.00 bits per heavy atom. The molecule has 1 fully saturated rings. The van der Waals surface area contributed by atoms with Crippen molar-refractivity contribution in [2.24, 2.45) is 10.8 Å². The average Bonchev–Trinajstić information content (AvgIpc) is 2.50. The first kappa shape index (κ1) is 17.0. The van der Waals surface area contributed by atoms with Gasteiger partial charge in [-0.3, -0.25) is 4.79 Å². The van der Waals surface area contributed by atoms with Crippen molar-refractivity contribution < 1.29 is 4.79 Å². The minimum Gasteiger partial charge on any atom is -0.350 e. The molecule has 1 aliphatic carbocycles. The van der Waals surface area contributed by atoms with Gasteiger partial charge in [-0.2, -0.15) is 5.26 Å². The van der Waals surface area contributed by atoms with Gasteiger partial charge in [0.15, 0.2) is 0 Å². The van der Waals surface area contributed by atoms with Gasteiger partial charge < -0.3 is 5.32 Å². The zero-order valence-electron chi connectivity index (χ0n) is 13.8. The Morgan fingerprint density at radius 2 is 1.60 bits per heavy atom. The van der Waals surface area contributed by atoms with E-state index >= 15 is 0 Å². The molecule has 1 saturated carbocycles. The van der Waals surface area contributed by atoms with Gasteiger partial charge in [0.05, 0.1) is 6.07 Å². The highest BCUT2D eigenvalue weighted by Crippen LogP contribution is 2.36. The van der Waals surface area contributed by atoms with Gasteiger partial charge in [-0.1, -0.05) is 46.5 Å². The summed E-state index contributed by atoms with van der Waals surface area (Å²) in [7, 11) is 0. The zero-order valence-corrected chi connectivity index (χ0v) is 13.8. The molecule has 20 heavy (non-hydrogen) atoms. The molecule has 0 aliphatic heterocycles. The molecule has 0 saturated heterocycles. The topological polar surface area (TPSA) is 52.9 Å². The van der Waals surface area contributed by atoms with E-state index in [-0.39, 0.29) is 16.9 Å². The van der Waals surface area contributed by atoms with Gasteiger partial charge in [0, 0.05) is 5.54 Å². The Morgan fingerprint density at radius 1 is 1.10 bits per heavy atom. The van der Waals surface area contributed by atoms with E-state index in [9.17, 15) is 10.1 Å². The Bertz CT molecular complexity index is 377. The minimum absolute atomic E-state index is 0.0591. The molecule has 1 amide bonds. The fourth-order valence-electron chi connectivity index (χ4n) is 3.52. The lowest BCUT2D eigenvalue weighted by atomic mass is 9.78. The van der Waals surface area contributed by atoms with Crippen LogP contribution in [0.3, 0.4) is 0 Å². The van der Waals surface area contributed by atoms with Crippen molar-refractivity contribution >= 4 is 5.91 Å². The predicted molar refractivity (Wildman–Crippen MR) is 82.0 cm³/mol. The maximum Gasteiger partial charge on any atom is 0.240 e. The molecule has 0 unspecified atom stereocenters. The summed E-state index contributed by atoms with van der Waals surface area (Å²) in [6, 6.07) is 2.33. The van der Waals surface area contributed by atoms with Gasteiger partial charge in [-0.25, -0.2) is 0 Å². The second kappa shape index (κ2) is 6.16. The van der Waals surface area contributed by atoms with E-state index in [1.165, 1.54) is 0 Å². The largest absolute Gasteiger partial charge is 0.350 e. The van der Waals surface area contributed by atoms with E-state index in [2.05, 4.69) is 46.0 Å².